The maximum Gasteiger partial charge on any atom is 0.335 e. The van der Waals surface area contributed by atoms with Crippen LogP contribution >= 0.6 is 0 Å². The number of carbonyl (C=O) groups is 2. The van der Waals surface area contributed by atoms with Gasteiger partial charge in [0.05, 0.1) is 16.9 Å². The summed E-state index contributed by atoms with van der Waals surface area (Å²) in [5, 5.41) is 12.3. The predicted octanol–water partition coefficient (Wildman–Crippen LogP) is 2.75. The fourth-order valence-electron chi connectivity index (χ4n) is 3.43. The summed E-state index contributed by atoms with van der Waals surface area (Å²) in [5.74, 6) is -0.630. The van der Waals surface area contributed by atoms with E-state index in [0.717, 1.165) is 18.8 Å². The van der Waals surface area contributed by atoms with Crippen LogP contribution in [0.5, 0.6) is 0 Å². The summed E-state index contributed by atoms with van der Waals surface area (Å²) in [6, 6.07) is 15.4. The molecule has 4 rings (SSSR count). The maximum absolute atomic E-state index is 12.7. The molecule has 1 aliphatic heterocycles. The second-order valence-corrected chi connectivity index (χ2v) is 6.88. The highest BCUT2D eigenvalue weighted by Crippen LogP contribution is 2.29. The Kier molecular flexibility index (Phi) is 5.56. The van der Waals surface area contributed by atoms with Gasteiger partial charge < -0.3 is 20.2 Å². The van der Waals surface area contributed by atoms with Crippen LogP contribution < -0.4 is 15.1 Å². The largest absolute Gasteiger partial charge is 0.478 e. The number of aromatic nitrogens is 2. The first-order chi connectivity index (χ1) is 14.6. The van der Waals surface area contributed by atoms with Crippen molar-refractivity contribution >= 4 is 29.2 Å². The molecule has 2 aromatic carbocycles. The highest BCUT2D eigenvalue weighted by Gasteiger charge is 2.22. The third-order valence-corrected chi connectivity index (χ3v) is 4.98. The van der Waals surface area contributed by atoms with Gasteiger partial charge in [0.2, 0.25) is 5.95 Å². The van der Waals surface area contributed by atoms with E-state index in [2.05, 4.69) is 25.1 Å². The van der Waals surface area contributed by atoms with E-state index in [1.165, 1.54) is 6.07 Å². The molecule has 0 aliphatic carbocycles. The number of rotatable bonds is 5. The van der Waals surface area contributed by atoms with Gasteiger partial charge in [0, 0.05) is 44.1 Å². The molecule has 0 spiro atoms. The topological polar surface area (TPSA) is 98.7 Å². The first-order valence-corrected chi connectivity index (χ1v) is 9.62. The molecular formula is C22H21N5O3. The van der Waals surface area contributed by atoms with Gasteiger partial charge in [-0.25, -0.2) is 14.8 Å². The standard InChI is InChI=1S/C22H21N5O3/c28-20(16-5-2-1-3-6-16)25-18-15-17(21(29)30)7-8-19(18)26-11-13-27(14-12-26)22-23-9-4-10-24-22/h1-10,15H,11-14H2,(H,25,28)(H,29,30). The lowest BCUT2D eigenvalue weighted by molar-refractivity contribution is 0.0696. The third kappa shape index (κ3) is 4.22. The Balaban J connectivity index is 1.55. The Bertz CT molecular complexity index is 1040. The third-order valence-electron chi connectivity index (χ3n) is 4.98. The number of carboxylic acid groups (broad SMARTS) is 1. The van der Waals surface area contributed by atoms with Crippen LogP contribution in [0.2, 0.25) is 0 Å². The van der Waals surface area contributed by atoms with Crippen LogP contribution in [-0.2, 0) is 0 Å². The van der Waals surface area contributed by atoms with E-state index >= 15 is 0 Å². The zero-order valence-corrected chi connectivity index (χ0v) is 16.2. The summed E-state index contributed by atoms with van der Waals surface area (Å²) in [6.07, 6.45) is 3.44. The Morgan fingerprint density at radius 1 is 0.833 bits per heavy atom. The van der Waals surface area contributed by atoms with Gasteiger partial charge in [-0.2, -0.15) is 0 Å². The Hall–Kier alpha value is -3.94. The molecule has 3 aromatic rings. The summed E-state index contributed by atoms with van der Waals surface area (Å²) in [6.45, 7) is 2.82. The number of aromatic carboxylic acids is 1. The monoisotopic (exact) mass is 403 g/mol. The van der Waals surface area contributed by atoms with Crippen molar-refractivity contribution in [1.29, 1.82) is 0 Å². The van der Waals surface area contributed by atoms with Crippen LogP contribution in [0.15, 0.2) is 67.0 Å². The molecule has 8 heteroatoms. The van der Waals surface area contributed by atoms with Gasteiger partial charge in [-0.05, 0) is 36.4 Å². The minimum Gasteiger partial charge on any atom is -0.478 e. The van der Waals surface area contributed by atoms with Crippen LogP contribution in [0, 0.1) is 0 Å². The minimum absolute atomic E-state index is 0.124. The van der Waals surface area contributed by atoms with Crippen molar-refractivity contribution in [1.82, 2.24) is 9.97 Å². The molecule has 1 fully saturated rings. The van der Waals surface area contributed by atoms with Crippen molar-refractivity contribution in [2.45, 2.75) is 0 Å². The van der Waals surface area contributed by atoms with Gasteiger partial charge >= 0.3 is 5.97 Å². The van der Waals surface area contributed by atoms with E-state index in [0.29, 0.717) is 30.3 Å². The average Bonchev–Trinajstić information content (AvgIpc) is 2.80. The van der Waals surface area contributed by atoms with Crippen LogP contribution in [0.3, 0.4) is 0 Å². The first kappa shape index (κ1) is 19.4. The summed E-state index contributed by atoms with van der Waals surface area (Å²) in [7, 11) is 0. The number of amides is 1. The van der Waals surface area contributed by atoms with Gasteiger partial charge in [-0.3, -0.25) is 4.79 Å². The molecular weight excluding hydrogens is 382 g/mol. The van der Waals surface area contributed by atoms with Crippen molar-refractivity contribution in [2.75, 3.05) is 41.3 Å². The van der Waals surface area contributed by atoms with Crippen molar-refractivity contribution < 1.29 is 14.7 Å². The predicted molar refractivity (Wildman–Crippen MR) is 114 cm³/mol. The maximum atomic E-state index is 12.7. The Morgan fingerprint density at radius 3 is 2.17 bits per heavy atom. The number of nitrogens with one attached hydrogen (secondary N) is 1. The molecule has 152 valence electrons. The normalized spacial score (nSPS) is 13.7. The summed E-state index contributed by atoms with van der Waals surface area (Å²) >= 11 is 0. The number of piperazine rings is 1. The van der Waals surface area contributed by atoms with Crippen molar-refractivity contribution in [3.05, 3.63) is 78.1 Å². The van der Waals surface area contributed by atoms with E-state index < -0.39 is 5.97 Å². The molecule has 30 heavy (non-hydrogen) atoms. The van der Waals surface area contributed by atoms with E-state index in [1.807, 2.05) is 6.07 Å². The number of hydrogen-bond donors (Lipinski definition) is 2. The molecule has 1 aromatic heterocycles. The van der Waals surface area contributed by atoms with E-state index in [9.17, 15) is 14.7 Å². The van der Waals surface area contributed by atoms with E-state index in [4.69, 9.17) is 0 Å². The summed E-state index contributed by atoms with van der Waals surface area (Å²) < 4.78 is 0. The molecule has 0 atom stereocenters. The number of anilines is 3. The van der Waals surface area contributed by atoms with Crippen molar-refractivity contribution in [3.8, 4) is 0 Å². The minimum atomic E-state index is -1.04. The molecule has 0 radical (unpaired) electrons. The molecule has 2 heterocycles. The fraction of sp³-hybridized carbons (Fsp3) is 0.182. The summed E-state index contributed by atoms with van der Waals surface area (Å²) in [5.41, 5.74) is 1.90. The zero-order valence-electron chi connectivity index (χ0n) is 16.2. The highest BCUT2D eigenvalue weighted by molar-refractivity contribution is 6.06. The second-order valence-electron chi connectivity index (χ2n) is 6.88. The lowest BCUT2D eigenvalue weighted by Crippen LogP contribution is -2.47. The first-order valence-electron chi connectivity index (χ1n) is 9.62. The highest BCUT2D eigenvalue weighted by atomic mass is 16.4. The number of nitrogens with zero attached hydrogens (tertiary/aromatic N) is 4. The van der Waals surface area contributed by atoms with Crippen LogP contribution in [0.1, 0.15) is 20.7 Å². The molecule has 1 amide bonds. The number of hydrogen-bond acceptors (Lipinski definition) is 6. The SMILES string of the molecule is O=C(O)c1ccc(N2CCN(c3ncccn3)CC2)c(NC(=O)c2ccccc2)c1. The fourth-order valence-corrected chi connectivity index (χ4v) is 3.43. The zero-order chi connectivity index (χ0) is 20.9. The average molecular weight is 403 g/mol. The summed E-state index contributed by atoms with van der Waals surface area (Å²) in [4.78, 5) is 36.9. The second kappa shape index (κ2) is 8.60. The van der Waals surface area contributed by atoms with Crippen LogP contribution in [0.25, 0.3) is 0 Å². The quantitative estimate of drug-likeness (QED) is 0.676. The van der Waals surface area contributed by atoms with Gasteiger partial charge in [0.15, 0.2) is 0 Å². The van der Waals surface area contributed by atoms with Gasteiger partial charge in [0.25, 0.3) is 5.91 Å². The lowest BCUT2D eigenvalue weighted by Gasteiger charge is -2.37. The molecule has 1 aliphatic rings. The van der Waals surface area contributed by atoms with Crippen molar-refractivity contribution in [3.63, 3.8) is 0 Å². The van der Waals surface area contributed by atoms with Gasteiger partial charge in [-0.15, -0.1) is 0 Å². The van der Waals surface area contributed by atoms with Crippen molar-refractivity contribution in [2.24, 2.45) is 0 Å². The molecule has 8 nitrogen and oxygen atoms in total. The smallest absolute Gasteiger partial charge is 0.335 e. The van der Waals surface area contributed by atoms with Gasteiger partial charge in [0.1, 0.15) is 0 Å². The van der Waals surface area contributed by atoms with E-state index in [1.54, 1.807) is 54.9 Å². The Morgan fingerprint density at radius 2 is 1.50 bits per heavy atom. The molecule has 2 N–H and O–H groups in total. The number of benzene rings is 2. The number of carboxylic acids is 1. The van der Waals surface area contributed by atoms with Crippen LogP contribution in [0.4, 0.5) is 17.3 Å². The van der Waals surface area contributed by atoms with Crippen LogP contribution in [-0.4, -0.2) is 53.1 Å². The molecule has 0 unspecified atom stereocenters. The lowest BCUT2D eigenvalue weighted by atomic mass is 10.1. The molecule has 0 bridgehead atoms. The van der Waals surface area contributed by atoms with Gasteiger partial charge in [-0.1, -0.05) is 18.2 Å². The number of carbonyl (C=O) groups excluding carboxylic acids is 1. The molecule has 0 saturated carbocycles. The van der Waals surface area contributed by atoms with E-state index in [-0.39, 0.29) is 11.5 Å². The molecule has 1 saturated heterocycles. The Labute approximate surface area is 173 Å².